The van der Waals surface area contributed by atoms with Crippen LogP contribution in [0.3, 0.4) is 0 Å². The molecule has 19 heavy (non-hydrogen) atoms. The second kappa shape index (κ2) is 4.50. The molecule has 0 spiro atoms. The molecule has 1 amide bonds. The molecule has 5 nitrogen and oxygen atoms in total. The van der Waals surface area contributed by atoms with Crippen LogP contribution in [0.25, 0.3) is 0 Å². The zero-order valence-electron chi connectivity index (χ0n) is 10.2. The van der Waals surface area contributed by atoms with Crippen LogP contribution in [-0.2, 0) is 6.54 Å². The SMILES string of the molecule is Nc1cccc(C#Cc2cc3n(c2)CCNC3=O)n1. The first-order valence-electron chi connectivity index (χ1n) is 5.95. The van der Waals surface area contributed by atoms with Gasteiger partial charge in [0.15, 0.2) is 0 Å². The molecule has 94 valence electrons. The molecule has 0 saturated heterocycles. The summed E-state index contributed by atoms with van der Waals surface area (Å²) in [7, 11) is 0. The van der Waals surface area contributed by atoms with Crippen molar-refractivity contribution in [3.05, 3.63) is 47.4 Å². The van der Waals surface area contributed by atoms with Crippen LogP contribution >= 0.6 is 0 Å². The molecule has 0 saturated carbocycles. The van der Waals surface area contributed by atoms with Gasteiger partial charge in [-0.05, 0) is 24.1 Å². The monoisotopic (exact) mass is 252 g/mol. The highest BCUT2D eigenvalue weighted by Crippen LogP contribution is 2.11. The van der Waals surface area contributed by atoms with E-state index in [0.717, 1.165) is 12.1 Å². The van der Waals surface area contributed by atoms with Gasteiger partial charge in [-0.3, -0.25) is 4.79 Å². The summed E-state index contributed by atoms with van der Waals surface area (Å²) in [5, 5.41) is 2.80. The van der Waals surface area contributed by atoms with Crippen molar-refractivity contribution >= 4 is 11.7 Å². The van der Waals surface area contributed by atoms with E-state index in [0.29, 0.717) is 23.8 Å². The van der Waals surface area contributed by atoms with Gasteiger partial charge < -0.3 is 15.6 Å². The number of nitrogens with two attached hydrogens (primary N) is 1. The number of fused-ring (bicyclic) bond motifs is 1. The number of rotatable bonds is 0. The smallest absolute Gasteiger partial charge is 0.268 e. The summed E-state index contributed by atoms with van der Waals surface area (Å²) in [5.74, 6) is 6.33. The number of nitrogens with zero attached hydrogens (tertiary/aromatic N) is 2. The highest BCUT2D eigenvalue weighted by atomic mass is 16.2. The quantitative estimate of drug-likeness (QED) is 0.675. The zero-order chi connectivity index (χ0) is 13.2. The number of carbonyl (C=O) groups excluding carboxylic acids is 1. The van der Waals surface area contributed by atoms with Crippen LogP contribution in [0.2, 0.25) is 0 Å². The third kappa shape index (κ3) is 2.29. The van der Waals surface area contributed by atoms with Gasteiger partial charge in [-0.25, -0.2) is 4.98 Å². The van der Waals surface area contributed by atoms with Gasteiger partial charge in [-0.1, -0.05) is 12.0 Å². The molecule has 0 unspecified atom stereocenters. The van der Waals surface area contributed by atoms with E-state index in [1.54, 1.807) is 18.2 Å². The largest absolute Gasteiger partial charge is 0.384 e. The first-order chi connectivity index (χ1) is 9.22. The standard InChI is InChI=1S/C14H12N4O/c15-13-3-1-2-11(17-13)5-4-10-8-12-14(19)16-6-7-18(12)9-10/h1-3,8-9H,6-7H2,(H2,15,17)(H,16,19). The second-order valence-corrected chi connectivity index (χ2v) is 4.26. The summed E-state index contributed by atoms with van der Waals surface area (Å²) < 4.78 is 1.91. The van der Waals surface area contributed by atoms with E-state index in [1.165, 1.54) is 0 Å². The summed E-state index contributed by atoms with van der Waals surface area (Å²) >= 11 is 0. The Morgan fingerprint density at radius 2 is 2.26 bits per heavy atom. The molecule has 3 heterocycles. The van der Waals surface area contributed by atoms with Crippen LogP contribution in [0.1, 0.15) is 21.7 Å². The van der Waals surface area contributed by atoms with Crippen LogP contribution in [0.5, 0.6) is 0 Å². The van der Waals surface area contributed by atoms with Crippen molar-refractivity contribution in [3.63, 3.8) is 0 Å². The van der Waals surface area contributed by atoms with Crippen LogP contribution < -0.4 is 11.1 Å². The lowest BCUT2D eigenvalue weighted by Gasteiger charge is -2.14. The molecule has 1 aliphatic heterocycles. The number of anilines is 1. The minimum atomic E-state index is -0.0543. The molecule has 5 heteroatoms. The summed E-state index contributed by atoms with van der Waals surface area (Å²) in [6, 6.07) is 7.11. The van der Waals surface area contributed by atoms with E-state index >= 15 is 0 Å². The first kappa shape index (κ1) is 11.4. The minimum absolute atomic E-state index is 0.0543. The Kier molecular flexibility index (Phi) is 2.69. The van der Waals surface area contributed by atoms with Gasteiger partial charge >= 0.3 is 0 Å². The van der Waals surface area contributed by atoms with Crippen molar-refractivity contribution in [1.82, 2.24) is 14.9 Å². The van der Waals surface area contributed by atoms with Gasteiger partial charge in [0, 0.05) is 24.8 Å². The average molecular weight is 252 g/mol. The van der Waals surface area contributed by atoms with Crippen molar-refractivity contribution in [2.24, 2.45) is 0 Å². The summed E-state index contributed by atoms with van der Waals surface area (Å²) in [4.78, 5) is 15.7. The molecule has 3 N–H and O–H groups in total. The molecule has 0 fully saturated rings. The Morgan fingerprint density at radius 3 is 3.05 bits per heavy atom. The predicted molar refractivity (Wildman–Crippen MR) is 71.4 cm³/mol. The maximum atomic E-state index is 11.6. The van der Waals surface area contributed by atoms with E-state index in [9.17, 15) is 4.79 Å². The maximum Gasteiger partial charge on any atom is 0.268 e. The number of nitrogens with one attached hydrogen (secondary N) is 1. The molecule has 2 aromatic rings. The minimum Gasteiger partial charge on any atom is -0.384 e. The molecule has 0 aromatic carbocycles. The number of hydrogen-bond acceptors (Lipinski definition) is 3. The molecule has 0 aliphatic carbocycles. The fourth-order valence-electron chi connectivity index (χ4n) is 1.99. The fourth-order valence-corrected chi connectivity index (χ4v) is 1.99. The molecule has 1 aliphatic rings. The topological polar surface area (TPSA) is 72.9 Å². The van der Waals surface area contributed by atoms with Crippen molar-refractivity contribution in [2.45, 2.75) is 6.54 Å². The maximum absolute atomic E-state index is 11.6. The summed E-state index contributed by atoms with van der Waals surface area (Å²) in [6.07, 6.45) is 1.88. The van der Waals surface area contributed by atoms with E-state index in [1.807, 2.05) is 16.8 Å². The Balaban J connectivity index is 1.91. The van der Waals surface area contributed by atoms with Gasteiger partial charge in [0.05, 0.1) is 0 Å². The molecular formula is C14H12N4O. The number of hydrogen-bond donors (Lipinski definition) is 2. The zero-order valence-corrected chi connectivity index (χ0v) is 10.2. The Bertz CT molecular complexity index is 706. The number of aromatic nitrogens is 2. The van der Waals surface area contributed by atoms with E-state index in [-0.39, 0.29) is 5.91 Å². The lowest BCUT2D eigenvalue weighted by atomic mass is 10.2. The second-order valence-electron chi connectivity index (χ2n) is 4.26. The molecular weight excluding hydrogens is 240 g/mol. The molecule has 0 atom stereocenters. The van der Waals surface area contributed by atoms with Crippen molar-refractivity contribution in [2.75, 3.05) is 12.3 Å². The third-order valence-corrected chi connectivity index (χ3v) is 2.87. The third-order valence-electron chi connectivity index (χ3n) is 2.87. The molecule has 0 bridgehead atoms. The van der Waals surface area contributed by atoms with E-state index < -0.39 is 0 Å². The summed E-state index contributed by atoms with van der Waals surface area (Å²) in [5.41, 5.74) is 7.66. The Hall–Kier alpha value is -2.74. The lowest BCUT2D eigenvalue weighted by molar-refractivity contribution is 0.0928. The van der Waals surface area contributed by atoms with Gasteiger partial charge in [0.2, 0.25) is 0 Å². The van der Waals surface area contributed by atoms with Gasteiger partial charge in [-0.2, -0.15) is 0 Å². The Morgan fingerprint density at radius 1 is 1.37 bits per heavy atom. The van der Waals surface area contributed by atoms with Crippen LogP contribution in [0.4, 0.5) is 5.82 Å². The van der Waals surface area contributed by atoms with Crippen LogP contribution in [0, 0.1) is 11.8 Å². The first-order valence-corrected chi connectivity index (χ1v) is 5.95. The summed E-state index contributed by atoms with van der Waals surface area (Å²) in [6.45, 7) is 1.43. The number of amides is 1. The van der Waals surface area contributed by atoms with Crippen LogP contribution in [0.15, 0.2) is 30.5 Å². The van der Waals surface area contributed by atoms with Gasteiger partial charge in [0.25, 0.3) is 5.91 Å². The lowest BCUT2D eigenvalue weighted by Crippen LogP contribution is -2.34. The van der Waals surface area contributed by atoms with Gasteiger partial charge in [0.1, 0.15) is 17.2 Å². The van der Waals surface area contributed by atoms with Crippen molar-refractivity contribution in [3.8, 4) is 11.8 Å². The van der Waals surface area contributed by atoms with Crippen molar-refractivity contribution < 1.29 is 4.79 Å². The van der Waals surface area contributed by atoms with Crippen LogP contribution in [-0.4, -0.2) is 22.0 Å². The molecule has 3 rings (SSSR count). The molecule has 2 aromatic heterocycles. The number of nitrogen functional groups attached to an aromatic ring is 1. The normalized spacial score (nSPS) is 13.2. The Labute approximate surface area is 110 Å². The highest BCUT2D eigenvalue weighted by Gasteiger charge is 2.16. The highest BCUT2D eigenvalue weighted by molar-refractivity contribution is 5.93. The number of carbonyl (C=O) groups is 1. The molecule has 0 radical (unpaired) electrons. The van der Waals surface area contributed by atoms with Gasteiger partial charge in [-0.15, -0.1) is 0 Å². The van der Waals surface area contributed by atoms with E-state index in [2.05, 4.69) is 22.1 Å². The predicted octanol–water partition coefficient (Wildman–Crippen LogP) is 0.608. The van der Waals surface area contributed by atoms with E-state index in [4.69, 9.17) is 5.73 Å². The fraction of sp³-hybridized carbons (Fsp3) is 0.143. The van der Waals surface area contributed by atoms with Crippen molar-refractivity contribution in [1.29, 1.82) is 0 Å². The number of pyridine rings is 1. The average Bonchev–Trinajstić information content (AvgIpc) is 2.81.